The molecule has 1 aromatic carbocycles. The number of hydrogen-bond donors (Lipinski definition) is 1. The van der Waals surface area contributed by atoms with Crippen molar-refractivity contribution in [1.82, 2.24) is 9.88 Å². The van der Waals surface area contributed by atoms with E-state index in [4.69, 9.17) is 0 Å². The monoisotopic (exact) mass is 274 g/mol. The van der Waals surface area contributed by atoms with Crippen LogP contribution >= 0.6 is 0 Å². The summed E-state index contributed by atoms with van der Waals surface area (Å²) < 4.78 is 15.4. The first kappa shape index (κ1) is 14.5. The molecule has 1 N–H and O–H groups in total. The van der Waals surface area contributed by atoms with Gasteiger partial charge in [-0.2, -0.15) is 0 Å². The van der Waals surface area contributed by atoms with Crippen molar-refractivity contribution in [2.24, 2.45) is 0 Å². The van der Waals surface area contributed by atoms with Crippen LogP contribution in [-0.4, -0.2) is 23.4 Å². The summed E-state index contributed by atoms with van der Waals surface area (Å²) in [7, 11) is 0. The molecule has 0 atom stereocenters. The number of rotatable bonds is 7. The lowest BCUT2D eigenvalue weighted by Crippen LogP contribution is -2.25. The smallest absolute Gasteiger partial charge is 0.192 e. The van der Waals surface area contributed by atoms with Crippen molar-refractivity contribution in [3.63, 3.8) is 0 Å². The first-order chi connectivity index (χ1) is 9.72. The van der Waals surface area contributed by atoms with Gasteiger partial charge >= 0.3 is 0 Å². The van der Waals surface area contributed by atoms with E-state index >= 15 is 0 Å². The third-order valence-electron chi connectivity index (χ3n) is 3.13. The molecular weight excluding hydrogens is 255 g/mol. The predicted molar refractivity (Wildman–Crippen MR) is 77.4 cm³/mol. The number of hydrogen-bond acceptors (Lipinski definition) is 2. The molecule has 0 amide bonds. The third-order valence-corrected chi connectivity index (χ3v) is 3.13. The summed E-state index contributed by atoms with van der Waals surface area (Å²) in [6.07, 6.45) is 2.79. The van der Waals surface area contributed by atoms with Crippen LogP contribution in [0.5, 0.6) is 0 Å². The van der Waals surface area contributed by atoms with Gasteiger partial charge in [0.15, 0.2) is 5.78 Å². The number of Topliss-reactive ketones (excluding diaryl/α,β-unsaturated/α-hetero) is 1. The largest absolute Gasteiger partial charge is 0.341 e. The van der Waals surface area contributed by atoms with Crippen LogP contribution in [0, 0.1) is 5.82 Å². The fourth-order valence-corrected chi connectivity index (χ4v) is 2.08. The zero-order chi connectivity index (χ0) is 14.4. The molecule has 106 valence electrons. The van der Waals surface area contributed by atoms with E-state index < -0.39 is 0 Å². The topological polar surface area (TPSA) is 34.0 Å². The van der Waals surface area contributed by atoms with E-state index in [0.717, 1.165) is 13.0 Å². The second-order valence-electron chi connectivity index (χ2n) is 4.71. The van der Waals surface area contributed by atoms with Gasteiger partial charge in [-0.15, -0.1) is 0 Å². The number of halogens is 1. The quantitative estimate of drug-likeness (QED) is 0.622. The molecule has 2 aromatic rings. The molecule has 1 heterocycles. The number of ketones is 1. The average molecular weight is 274 g/mol. The van der Waals surface area contributed by atoms with Crippen LogP contribution in [0.2, 0.25) is 0 Å². The molecular formula is C16H19FN2O. The normalized spacial score (nSPS) is 10.7. The van der Waals surface area contributed by atoms with Crippen LogP contribution in [0.15, 0.2) is 42.6 Å². The van der Waals surface area contributed by atoms with Crippen molar-refractivity contribution >= 4 is 5.78 Å². The number of benzene rings is 1. The number of aromatic nitrogens is 1. The zero-order valence-electron chi connectivity index (χ0n) is 11.6. The van der Waals surface area contributed by atoms with Crippen LogP contribution < -0.4 is 5.32 Å². The highest BCUT2D eigenvalue weighted by Gasteiger charge is 2.11. The second kappa shape index (κ2) is 7.01. The third kappa shape index (κ3) is 3.54. The van der Waals surface area contributed by atoms with Gasteiger partial charge in [0.1, 0.15) is 5.82 Å². The van der Waals surface area contributed by atoms with Crippen LogP contribution in [0.3, 0.4) is 0 Å². The van der Waals surface area contributed by atoms with Gasteiger partial charge in [0.05, 0.1) is 18.8 Å². The first-order valence-corrected chi connectivity index (χ1v) is 6.85. The number of carbonyl (C=O) groups is 1. The fourth-order valence-electron chi connectivity index (χ4n) is 2.08. The lowest BCUT2D eigenvalue weighted by Gasteiger charge is -2.10. The summed E-state index contributed by atoms with van der Waals surface area (Å²) in [4.78, 5) is 12.1. The van der Waals surface area contributed by atoms with E-state index in [1.807, 2.05) is 6.07 Å². The molecule has 3 nitrogen and oxygen atoms in total. The summed E-state index contributed by atoms with van der Waals surface area (Å²) >= 11 is 0. The highest BCUT2D eigenvalue weighted by atomic mass is 19.1. The van der Waals surface area contributed by atoms with Gasteiger partial charge < -0.3 is 9.88 Å². The lowest BCUT2D eigenvalue weighted by atomic mass is 10.2. The molecule has 1 aromatic heterocycles. The van der Waals surface area contributed by atoms with Gasteiger partial charge in [0.25, 0.3) is 0 Å². The Kier molecular flexibility index (Phi) is 5.07. The first-order valence-electron chi connectivity index (χ1n) is 6.85. The summed E-state index contributed by atoms with van der Waals surface area (Å²) in [5.74, 6) is -0.219. The highest BCUT2D eigenvalue weighted by Crippen LogP contribution is 2.11. The Labute approximate surface area is 118 Å². The van der Waals surface area contributed by atoms with Gasteiger partial charge in [0.2, 0.25) is 0 Å². The minimum atomic E-state index is -0.247. The molecule has 4 heteroatoms. The molecule has 2 rings (SSSR count). The molecule has 0 aliphatic carbocycles. The van der Waals surface area contributed by atoms with Gasteiger partial charge in [-0.1, -0.05) is 25.1 Å². The summed E-state index contributed by atoms with van der Waals surface area (Å²) in [6, 6.07) is 10.2. The fraction of sp³-hybridized carbons (Fsp3) is 0.312. The highest BCUT2D eigenvalue weighted by molar-refractivity contribution is 5.96. The van der Waals surface area contributed by atoms with E-state index in [-0.39, 0.29) is 11.6 Å². The van der Waals surface area contributed by atoms with Gasteiger partial charge in [-0.25, -0.2) is 4.39 Å². The minimum absolute atomic E-state index is 0.0276. The van der Waals surface area contributed by atoms with Crippen LogP contribution in [-0.2, 0) is 6.54 Å². The molecule has 0 radical (unpaired) electrons. The van der Waals surface area contributed by atoms with E-state index in [9.17, 15) is 9.18 Å². The molecule has 0 aliphatic heterocycles. The zero-order valence-corrected chi connectivity index (χ0v) is 11.6. The van der Waals surface area contributed by atoms with E-state index in [0.29, 0.717) is 24.3 Å². The Morgan fingerprint density at radius 3 is 2.80 bits per heavy atom. The Balaban J connectivity index is 2.09. The number of nitrogens with zero attached hydrogens (tertiary/aromatic N) is 1. The summed E-state index contributed by atoms with van der Waals surface area (Å²) in [5.41, 5.74) is 1.19. The van der Waals surface area contributed by atoms with Crippen molar-refractivity contribution < 1.29 is 9.18 Å². The SMILES string of the molecule is CCCNCC(=O)c1cccn1Cc1ccccc1F. The van der Waals surface area contributed by atoms with Crippen molar-refractivity contribution in [3.8, 4) is 0 Å². The van der Waals surface area contributed by atoms with Crippen LogP contribution in [0.1, 0.15) is 29.4 Å². The van der Waals surface area contributed by atoms with E-state index in [1.165, 1.54) is 6.07 Å². The Morgan fingerprint density at radius 2 is 2.05 bits per heavy atom. The second-order valence-corrected chi connectivity index (χ2v) is 4.71. The van der Waals surface area contributed by atoms with Crippen molar-refractivity contribution in [2.45, 2.75) is 19.9 Å². The molecule has 0 saturated heterocycles. The Morgan fingerprint density at radius 1 is 1.25 bits per heavy atom. The van der Waals surface area contributed by atoms with Crippen LogP contribution in [0.4, 0.5) is 4.39 Å². The Bertz CT molecular complexity index is 577. The molecule has 0 saturated carbocycles. The Hall–Kier alpha value is -1.94. The van der Waals surface area contributed by atoms with Gasteiger partial charge in [-0.3, -0.25) is 4.79 Å². The number of nitrogens with one attached hydrogen (secondary N) is 1. The molecule has 0 fully saturated rings. The molecule has 20 heavy (non-hydrogen) atoms. The predicted octanol–water partition coefficient (Wildman–Crippen LogP) is 2.86. The lowest BCUT2D eigenvalue weighted by molar-refractivity contribution is 0.0983. The van der Waals surface area contributed by atoms with E-state index in [2.05, 4.69) is 12.2 Å². The maximum absolute atomic E-state index is 13.7. The molecule has 0 unspecified atom stereocenters. The van der Waals surface area contributed by atoms with Gasteiger partial charge in [-0.05, 0) is 31.2 Å². The average Bonchev–Trinajstić information content (AvgIpc) is 2.90. The molecule has 0 spiro atoms. The number of carbonyl (C=O) groups excluding carboxylic acids is 1. The van der Waals surface area contributed by atoms with E-state index in [1.54, 1.807) is 35.0 Å². The van der Waals surface area contributed by atoms with Gasteiger partial charge in [0, 0.05) is 11.8 Å². The van der Waals surface area contributed by atoms with Crippen molar-refractivity contribution in [2.75, 3.05) is 13.1 Å². The minimum Gasteiger partial charge on any atom is -0.341 e. The maximum Gasteiger partial charge on any atom is 0.192 e. The standard InChI is InChI=1S/C16H19FN2O/c1-2-9-18-11-16(20)15-8-5-10-19(15)12-13-6-3-4-7-14(13)17/h3-8,10,18H,2,9,11-12H2,1H3. The van der Waals surface area contributed by atoms with Crippen molar-refractivity contribution in [3.05, 3.63) is 59.7 Å². The summed E-state index contributed by atoms with van der Waals surface area (Å²) in [6.45, 7) is 3.56. The van der Waals surface area contributed by atoms with Crippen LogP contribution in [0.25, 0.3) is 0 Å². The molecule has 0 bridgehead atoms. The molecule has 0 aliphatic rings. The maximum atomic E-state index is 13.7. The van der Waals surface area contributed by atoms with Crippen molar-refractivity contribution in [1.29, 1.82) is 0 Å². The summed E-state index contributed by atoms with van der Waals surface area (Å²) in [5, 5.41) is 3.09.